The molecule has 2 rings (SSSR count). The Morgan fingerprint density at radius 1 is 1.55 bits per heavy atom. The standard InChI is InChI=1S/C14H19N3O3/c1-4-20-10-5-6-11-12(7-10)16-14(15-11)9(2)17(3)8-13(18)19/h5-7,9H,4,8H2,1-3H3,(H,15,16)(H,18,19). The lowest BCUT2D eigenvalue weighted by atomic mass is 10.3. The maximum absolute atomic E-state index is 10.7. The number of aromatic nitrogens is 2. The third-order valence-electron chi connectivity index (χ3n) is 3.22. The summed E-state index contributed by atoms with van der Waals surface area (Å²) < 4.78 is 5.45. The fourth-order valence-corrected chi connectivity index (χ4v) is 2.02. The molecule has 1 atom stereocenters. The van der Waals surface area contributed by atoms with E-state index in [1.807, 2.05) is 32.0 Å². The largest absolute Gasteiger partial charge is 0.494 e. The second-order valence-corrected chi connectivity index (χ2v) is 4.72. The van der Waals surface area contributed by atoms with E-state index < -0.39 is 5.97 Å². The highest BCUT2D eigenvalue weighted by molar-refractivity contribution is 5.77. The van der Waals surface area contributed by atoms with Crippen LogP contribution >= 0.6 is 0 Å². The predicted molar refractivity (Wildman–Crippen MR) is 75.9 cm³/mol. The van der Waals surface area contributed by atoms with Gasteiger partial charge in [0, 0.05) is 6.07 Å². The zero-order valence-electron chi connectivity index (χ0n) is 11.9. The Morgan fingerprint density at radius 3 is 2.95 bits per heavy atom. The van der Waals surface area contributed by atoms with Crippen molar-refractivity contribution in [2.75, 3.05) is 20.2 Å². The first-order valence-electron chi connectivity index (χ1n) is 6.55. The van der Waals surface area contributed by atoms with Crippen molar-refractivity contribution in [2.45, 2.75) is 19.9 Å². The lowest BCUT2D eigenvalue weighted by molar-refractivity contribution is -0.138. The number of nitrogens with zero attached hydrogens (tertiary/aromatic N) is 2. The molecule has 6 nitrogen and oxygen atoms in total. The molecule has 1 unspecified atom stereocenters. The summed E-state index contributed by atoms with van der Waals surface area (Å²) in [6.45, 7) is 4.45. The smallest absolute Gasteiger partial charge is 0.317 e. The lowest BCUT2D eigenvalue weighted by Gasteiger charge is -2.20. The molecule has 0 fully saturated rings. The molecule has 1 heterocycles. The van der Waals surface area contributed by atoms with E-state index in [0.717, 1.165) is 22.6 Å². The van der Waals surface area contributed by atoms with Gasteiger partial charge in [0.2, 0.25) is 0 Å². The van der Waals surface area contributed by atoms with Crippen LogP contribution in [0.5, 0.6) is 5.75 Å². The number of benzene rings is 1. The first kappa shape index (κ1) is 14.3. The molecule has 0 amide bonds. The third-order valence-corrected chi connectivity index (χ3v) is 3.22. The quantitative estimate of drug-likeness (QED) is 0.844. The molecule has 0 aliphatic heterocycles. The van der Waals surface area contributed by atoms with Gasteiger partial charge in [0.05, 0.1) is 30.2 Å². The van der Waals surface area contributed by atoms with Crippen LogP contribution in [0.3, 0.4) is 0 Å². The van der Waals surface area contributed by atoms with E-state index in [9.17, 15) is 4.79 Å². The topological polar surface area (TPSA) is 78.4 Å². The molecule has 1 aromatic carbocycles. The van der Waals surface area contributed by atoms with Gasteiger partial charge in [0.15, 0.2) is 0 Å². The Morgan fingerprint density at radius 2 is 2.30 bits per heavy atom. The van der Waals surface area contributed by atoms with Gasteiger partial charge in [-0.25, -0.2) is 4.98 Å². The van der Waals surface area contributed by atoms with Gasteiger partial charge in [-0.1, -0.05) is 0 Å². The van der Waals surface area contributed by atoms with Crippen molar-refractivity contribution in [3.63, 3.8) is 0 Å². The molecule has 108 valence electrons. The summed E-state index contributed by atoms with van der Waals surface area (Å²) in [5.74, 6) is 0.688. The molecule has 0 radical (unpaired) electrons. The van der Waals surface area contributed by atoms with Crippen LogP contribution in [0, 0.1) is 0 Å². The minimum Gasteiger partial charge on any atom is -0.494 e. The minimum atomic E-state index is -0.853. The number of ether oxygens (including phenoxy) is 1. The predicted octanol–water partition coefficient (Wildman–Crippen LogP) is 2.04. The van der Waals surface area contributed by atoms with E-state index in [0.29, 0.717) is 6.61 Å². The SMILES string of the molecule is CCOc1ccc2nc(C(C)N(C)CC(=O)O)[nH]c2c1. The number of carbonyl (C=O) groups is 1. The number of likely N-dealkylation sites (N-methyl/N-ethyl adjacent to an activating group) is 1. The minimum absolute atomic E-state index is 0.0254. The maximum atomic E-state index is 10.7. The fraction of sp³-hybridized carbons (Fsp3) is 0.429. The number of imidazole rings is 1. The van der Waals surface area contributed by atoms with Gasteiger partial charge in [0.25, 0.3) is 0 Å². The first-order chi connectivity index (χ1) is 9.51. The van der Waals surface area contributed by atoms with Crippen LogP contribution in [0.25, 0.3) is 11.0 Å². The highest BCUT2D eigenvalue weighted by atomic mass is 16.5. The highest BCUT2D eigenvalue weighted by Gasteiger charge is 2.17. The summed E-state index contributed by atoms with van der Waals surface area (Å²) in [4.78, 5) is 20.2. The van der Waals surface area contributed by atoms with Gasteiger partial charge in [-0.2, -0.15) is 0 Å². The Labute approximate surface area is 117 Å². The number of H-pyrrole nitrogens is 1. The van der Waals surface area contributed by atoms with Crippen LogP contribution in [0.4, 0.5) is 0 Å². The number of carboxylic acid groups (broad SMARTS) is 1. The van der Waals surface area contributed by atoms with Crippen LogP contribution in [0.15, 0.2) is 18.2 Å². The molecule has 0 bridgehead atoms. The molecule has 2 N–H and O–H groups in total. The van der Waals surface area contributed by atoms with Gasteiger partial charge >= 0.3 is 5.97 Å². The molecule has 0 spiro atoms. The van der Waals surface area contributed by atoms with Crippen LogP contribution in [0.2, 0.25) is 0 Å². The normalized spacial score (nSPS) is 12.8. The lowest BCUT2D eigenvalue weighted by Crippen LogP contribution is -2.29. The summed E-state index contributed by atoms with van der Waals surface area (Å²) in [6.07, 6.45) is 0. The van der Waals surface area contributed by atoms with Crippen molar-refractivity contribution >= 4 is 17.0 Å². The zero-order chi connectivity index (χ0) is 14.7. The molecular formula is C14H19N3O3. The molecule has 0 aliphatic rings. The average Bonchev–Trinajstić information content (AvgIpc) is 2.80. The van der Waals surface area contributed by atoms with Gasteiger partial charge in [-0.3, -0.25) is 9.69 Å². The van der Waals surface area contributed by atoms with Crippen molar-refractivity contribution in [3.05, 3.63) is 24.0 Å². The van der Waals surface area contributed by atoms with Crippen LogP contribution < -0.4 is 4.74 Å². The zero-order valence-corrected chi connectivity index (χ0v) is 11.9. The van der Waals surface area contributed by atoms with Gasteiger partial charge < -0.3 is 14.8 Å². The number of nitrogens with one attached hydrogen (secondary N) is 1. The van der Waals surface area contributed by atoms with Crippen molar-refractivity contribution < 1.29 is 14.6 Å². The van der Waals surface area contributed by atoms with E-state index >= 15 is 0 Å². The van der Waals surface area contributed by atoms with Crippen molar-refractivity contribution in [1.29, 1.82) is 0 Å². The van der Waals surface area contributed by atoms with Crippen LogP contribution in [-0.2, 0) is 4.79 Å². The fourth-order valence-electron chi connectivity index (χ4n) is 2.02. The second-order valence-electron chi connectivity index (χ2n) is 4.72. The number of hydrogen-bond donors (Lipinski definition) is 2. The second kappa shape index (κ2) is 5.92. The Kier molecular flexibility index (Phi) is 4.24. The number of rotatable bonds is 6. The summed E-state index contributed by atoms with van der Waals surface area (Å²) in [6, 6.07) is 5.57. The third kappa shape index (κ3) is 3.08. The Balaban J connectivity index is 2.24. The Bertz CT molecular complexity index is 609. The number of carboxylic acids is 1. The molecule has 0 aliphatic carbocycles. The molecule has 2 aromatic rings. The average molecular weight is 277 g/mol. The summed E-state index contributed by atoms with van der Waals surface area (Å²) in [7, 11) is 1.76. The molecule has 0 saturated carbocycles. The summed E-state index contributed by atoms with van der Waals surface area (Å²) >= 11 is 0. The van der Waals surface area contributed by atoms with E-state index in [1.54, 1.807) is 11.9 Å². The van der Waals surface area contributed by atoms with Gasteiger partial charge in [0.1, 0.15) is 11.6 Å². The summed E-state index contributed by atoms with van der Waals surface area (Å²) in [5.41, 5.74) is 1.74. The van der Waals surface area contributed by atoms with E-state index in [-0.39, 0.29) is 12.6 Å². The maximum Gasteiger partial charge on any atom is 0.317 e. The van der Waals surface area contributed by atoms with E-state index in [1.165, 1.54) is 0 Å². The molecular weight excluding hydrogens is 258 g/mol. The van der Waals surface area contributed by atoms with Crippen molar-refractivity contribution in [1.82, 2.24) is 14.9 Å². The van der Waals surface area contributed by atoms with E-state index in [2.05, 4.69) is 9.97 Å². The van der Waals surface area contributed by atoms with Crippen molar-refractivity contribution in [2.24, 2.45) is 0 Å². The number of aliphatic carboxylic acids is 1. The van der Waals surface area contributed by atoms with Gasteiger partial charge in [-0.05, 0) is 33.0 Å². The number of hydrogen-bond acceptors (Lipinski definition) is 4. The monoisotopic (exact) mass is 277 g/mol. The molecule has 0 saturated heterocycles. The number of aromatic amines is 1. The molecule has 1 aromatic heterocycles. The molecule has 6 heteroatoms. The Hall–Kier alpha value is -2.08. The summed E-state index contributed by atoms with van der Waals surface area (Å²) in [5, 5.41) is 8.83. The van der Waals surface area contributed by atoms with Crippen LogP contribution in [0.1, 0.15) is 25.7 Å². The molecule has 20 heavy (non-hydrogen) atoms. The van der Waals surface area contributed by atoms with Crippen LogP contribution in [-0.4, -0.2) is 46.1 Å². The van der Waals surface area contributed by atoms with E-state index in [4.69, 9.17) is 9.84 Å². The van der Waals surface area contributed by atoms with Crippen molar-refractivity contribution in [3.8, 4) is 5.75 Å². The highest BCUT2D eigenvalue weighted by Crippen LogP contribution is 2.23. The van der Waals surface area contributed by atoms with Gasteiger partial charge in [-0.15, -0.1) is 0 Å². The first-order valence-corrected chi connectivity index (χ1v) is 6.55. The number of fused-ring (bicyclic) bond motifs is 1.